The number of nitro benzene ring substituents is 1. The van der Waals surface area contributed by atoms with Gasteiger partial charge in [-0.1, -0.05) is 36.4 Å². The number of nitro groups is 1. The molecule has 1 aliphatic rings. The van der Waals surface area contributed by atoms with Crippen LogP contribution in [0.3, 0.4) is 0 Å². The molecule has 27 heavy (non-hydrogen) atoms. The minimum atomic E-state index is -0.480. The van der Waals surface area contributed by atoms with E-state index in [2.05, 4.69) is 10.6 Å². The number of nitrogens with zero attached hydrogens (tertiary/aromatic N) is 2. The molecule has 2 aromatic rings. The highest BCUT2D eigenvalue weighted by Gasteiger charge is 2.30. The molecule has 0 unspecified atom stereocenters. The second-order valence-corrected chi connectivity index (χ2v) is 6.31. The lowest BCUT2D eigenvalue weighted by molar-refractivity contribution is -0.385. The van der Waals surface area contributed by atoms with Gasteiger partial charge in [0.2, 0.25) is 5.91 Å². The maximum absolute atomic E-state index is 12.9. The summed E-state index contributed by atoms with van der Waals surface area (Å²) in [6.07, 6.45) is 0.158. The van der Waals surface area contributed by atoms with E-state index in [0.717, 1.165) is 5.56 Å². The summed E-state index contributed by atoms with van der Waals surface area (Å²) in [5.41, 5.74) is 1.57. The monoisotopic (exact) mass is 368 g/mol. The molecule has 8 heteroatoms. The summed E-state index contributed by atoms with van der Waals surface area (Å²) in [7, 11) is 0. The number of carbonyl (C=O) groups is 2. The maximum Gasteiger partial charge on any atom is 0.322 e. The molecule has 0 aromatic heterocycles. The molecule has 3 amide bonds. The fourth-order valence-electron chi connectivity index (χ4n) is 3.19. The summed E-state index contributed by atoms with van der Waals surface area (Å²) in [4.78, 5) is 37.2. The van der Waals surface area contributed by atoms with Gasteiger partial charge >= 0.3 is 6.03 Å². The van der Waals surface area contributed by atoms with Crippen LogP contribution in [0.4, 0.5) is 16.2 Å². The molecule has 1 saturated heterocycles. The molecule has 2 aromatic carbocycles. The number of hydrogen-bond donors (Lipinski definition) is 2. The largest absolute Gasteiger partial charge is 0.354 e. The number of amides is 3. The van der Waals surface area contributed by atoms with Crippen molar-refractivity contribution in [3.8, 4) is 0 Å². The van der Waals surface area contributed by atoms with Crippen LogP contribution in [0.5, 0.6) is 0 Å². The van der Waals surface area contributed by atoms with Gasteiger partial charge in [0, 0.05) is 19.2 Å². The van der Waals surface area contributed by atoms with E-state index in [9.17, 15) is 19.7 Å². The van der Waals surface area contributed by atoms with E-state index in [4.69, 9.17) is 0 Å². The van der Waals surface area contributed by atoms with Gasteiger partial charge in [-0.3, -0.25) is 14.9 Å². The van der Waals surface area contributed by atoms with Crippen LogP contribution in [0.15, 0.2) is 48.5 Å². The first-order chi connectivity index (χ1) is 13.0. The molecule has 3 rings (SSSR count). The molecule has 0 saturated carbocycles. The molecule has 1 heterocycles. The highest BCUT2D eigenvalue weighted by Crippen LogP contribution is 2.29. The number of anilines is 1. The zero-order chi connectivity index (χ0) is 19.4. The van der Waals surface area contributed by atoms with Gasteiger partial charge < -0.3 is 15.5 Å². The maximum atomic E-state index is 12.9. The van der Waals surface area contributed by atoms with Crippen LogP contribution in [-0.4, -0.2) is 34.9 Å². The molecule has 0 radical (unpaired) electrons. The van der Waals surface area contributed by atoms with E-state index >= 15 is 0 Å². The molecule has 8 nitrogen and oxygen atoms in total. The Balaban J connectivity index is 1.88. The average molecular weight is 368 g/mol. The topological polar surface area (TPSA) is 105 Å². The van der Waals surface area contributed by atoms with Gasteiger partial charge in [-0.2, -0.15) is 0 Å². The normalized spacial score (nSPS) is 17.0. The third kappa shape index (κ3) is 4.05. The van der Waals surface area contributed by atoms with Crippen molar-refractivity contribution in [3.05, 3.63) is 69.8 Å². The first-order valence-corrected chi connectivity index (χ1v) is 8.60. The van der Waals surface area contributed by atoms with Gasteiger partial charge in [0.15, 0.2) is 0 Å². The quantitative estimate of drug-likeness (QED) is 0.642. The second kappa shape index (κ2) is 7.86. The van der Waals surface area contributed by atoms with Crippen molar-refractivity contribution in [2.24, 2.45) is 0 Å². The van der Waals surface area contributed by atoms with Crippen LogP contribution < -0.4 is 10.6 Å². The van der Waals surface area contributed by atoms with Gasteiger partial charge in [0.25, 0.3) is 5.69 Å². The van der Waals surface area contributed by atoms with Gasteiger partial charge in [-0.05, 0) is 18.6 Å². The van der Waals surface area contributed by atoms with E-state index in [0.29, 0.717) is 24.3 Å². The fourth-order valence-corrected chi connectivity index (χ4v) is 3.19. The summed E-state index contributed by atoms with van der Waals surface area (Å²) < 4.78 is 0. The minimum Gasteiger partial charge on any atom is -0.354 e. The van der Waals surface area contributed by atoms with Crippen molar-refractivity contribution < 1.29 is 14.5 Å². The van der Waals surface area contributed by atoms with E-state index in [1.165, 1.54) is 12.1 Å². The third-order valence-corrected chi connectivity index (χ3v) is 4.62. The Morgan fingerprint density at radius 1 is 1.22 bits per heavy atom. The Kier molecular flexibility index (Phi) is 5.35. The highest BCUT2D eigenvalue weighted by atomic mass is 16.6. The molecular weight excluding hydrogens is 348 g/mol. The van der Waals surface area contributed by atoms with Crippen LogP contribution in [0.1, 0.15) is 23.6 Å². The summed E-state index contributed by atoms with van der Waals surface area (Å²) >= 11 is 0. The Hall–Kier alpha value is -3.42. The van der Waals surface area contributed by atoms with Crippen molar-refractivity contribution in [2.75, 3.05) is 18.4 Å². The molecule has 2 N–H and O–H groups in total. The molecule has 140 valence electrons. The smallest absolute Gasteiger partial charge is 0.322 e. The zero-order valence-corrected chi connectivity index (χ0v) is 14.8. The van der Waals surface area contributed by atoms with E-state index < -0.39 is 17.0 Å². The number of nitrogens with one attached hydrogen (secondary N) is 2. The average Bonchev–Trinajstić information content (AvgIpc) is 2.85. The van der Waals surface area contributed by atoms with Crippen LogP contribution >= 0.6 is 0 Å². The molecule has 0 spiro atoms. The molecule has 1 aliphatic heterocycles. The van der Waals surface area contributed by atoms with Gasteiger partial charge in [0.1, 0.15) is 0 Å². The third-order valence-electron chi connectivity index (χ3n) is 4.62. The molecule has 0 bridgehead atoms. The number of urea groups is 1. The van der Waals surface area contributed by atoms with Gasteiger partial charge in [-0.15, -0.1) is 0 Å². The Morgan fingerprint density at radius 3 is 2.67 bits per heavy atom. The van der Waals surface area contributed by atoms with Crippen LogP contribution in [0.25, 0.3) is 0 Å². The Morgan fingerprint density at radius 2 is 1.96 bits per heavy atom. The Bertz CT molecular complexity index is 869. The van der Waals surface area contributed by atoms with Crippen molar-refractivity contribution in [1.82, 2.24) is 10.2 Å². The number of carbonyl (C=O) groups excluding carboxylic acids is 2. The lowest BCUT2D eigenvalue weighted by Gasteiger charge is -2.29. The number of rotatable bonds is 3. The minimum absolute atomic E-state index is 0.0554. The summed E-state index contributed by atoms with van der Waals surface area (Å²) in [5, 5.41) is 16.7. The van der Waals surface area contributed by atoms with Crippen molar-refractivity contribution in [1.29, 1.82) is 0 Å². The summed E-state index contributed by atoms with van der Waals surface area (Å²) in [6, 6.07) is 13.1. The first-order valence-electron chi connectivity index (χ1n) is 8.60. The van der Waals surface area contributed by atoms with E-state index in [1.54, 1.807) is 17.9 Å². The molecule has 1 atom stereocenters. The highest BCUT2D eigenvalue weighted by molar-refractivity contribution is 5.92. The van der Waals surface area contributed by atoms with Crippen molar-refractivity contribution in [2.45, 2.75) is 19.4 Å². The summed E-state index contributed by atoms with van der Waals surface area (Å²) in [5.74, 6) is -0.120. The van der Waals surface area contributed by atoms with E-state index in [1.807, 2.05) is 30.3 Å². The lowest BCUT2D eigenvalue weighted by atomic mass is 10.0. The SMILES string of the molecule is Cc1c(NC(=O)N2CCNC(=O)C[C@@H]2c2ccccc2)cccc1[N+](=O)[O-]. The van der Waals surface area contributed by atoms with Gasteiger partial charge in [-0.25, -0.2) is 4.79 Å². The second-order valence-electron chi connectivity index (χ2n) is 6.31. The van der Waals surface area contributed by atoms with Crippen LogP contribution in [-0.2, 0) is 4.79 Å². The standard InChI is InChI=1S/C19H20N4O4/c1-13-15(8-5-9-16(13)23(26)27)21-19(25)22-11-10-20-18(24)12-17(22)14-6-3-2-4-7-14/h2-9,17H,10-12H2,1H3,(H,20,24)(H,21,25)/t17-/m1/s1. The Labute approximate surface area is 156 Å². The lowest BCUT2D eigenvalue weighted by Crippen LogP contribution is -2.39. The molecule has 1 fully saturated rings. The fraction of sp³-hybridized carbons (Fsp3) is 0.263. The van der Waals surface area contributed by atoms with Crippen LogP contribution in [0.2, 0.25) is 0 Å². The van der Waals surface area contributed by atoms with Crippen LogP contribution in [0, 0.1) is 17.0 Å². The van der Waals surface area contributed by atoms with Crippen molar-refractivity contribution in [3.63, 3.8) is 0 Å². The molecule has 0 aliphatic carbocycles. The summed E-state index contributed by atoms with van der Waals surface area (Å²) in [6.45, 7) is 2.28. The molecular formula is C19H20N4O4. The first kappa shape index (κ1) is 18.4. The number of hydrogen-bond acceptors (Lipinski definition) is 4. The van der Waals surface area contributed by atoms with Crippen molar-refractivity contribution >= 4 is 23.3 Å². The van der Waals surface area contributed by atoms with E-state index in [-0.39, 0.29) is 18.0 Å². The zero-order valence-electron chi connectivity index (χ0n) is 14.8. The predicted octanol–water partition coefficient (Wildman–Crippen LogP) is 3.00. The van der Waals surface area contributed by atoms with Gasteiger partial charge in [0.05, 0.1) is 28.6 Å². The number of benzene rings is 2. The predicted molar refractivity (Wildman–Crippen MR) is 100 cm³/mol.